The molecule has 0 spiro atoms. The summed E-state index contributed by atoms with van der Waals surface area (Å²) in [7, 11) is 0. The first-order valence-corrected chi connectivity index (χ1v) is 11.8. The first-order chi connectivity index (χ1) is 17.4. The first kappa shape index (κ1) is 26.0. The van der Waals surface area contributed by atoms with Crippen LogP contribution in [0.5, 0.6) is 0 Å². The van der Waals surface area contributed by atoms with Crippen molar-refractivity contribution in [3.05, 3.63) is 92.9 Å². The summed E-state index contributed by atoms with van der Waals surface area (Å²) < 4.78 is 40.5. The van der Waals surface area contributed by atoms with Gasteiger partial charge in [-0.15, -0.1) is 0 Å². The number of halogens is 2. The van der Waals surface area contributed by atoms with Gasteiger partial charge in [-0.05, 0) is 77.4 Å². The Labute approximate surface area is 213 Å². The third-order valence-electron chi connectivity index (χ3n) is 5.85. The van der Waals surface area contributed by atoms with E-state index in [1.165, 1.54) is 6.07 Å². The molecule has 0 saturated carbocycles. The lowest BCUT2D eigenvalue weighted by atomic mass is 9.98. The molecule has 1 unspecified atom stereocenters. The van der Waals surface area contributed by atoms with Gasteiger partial charge in [0.1, 0.15) is 22.5 Å². The van der Waals surface area contributed by atoms with Crippen molar-refractivity contribution in [1.82, 2.24) is 4.98 Å². The number of hydrogen-bond acceptors (Lipinski definition) is 6. The molecule has 0 aliphatic carbocycles. The Bertz CT molecular complexity index is 1560. The summed E-state index contributed by atoms with van der Waals surface area (Å²) in [6.07, 6.45) is 3.24. The van der Waals surface area contributed by atoms with Crippen molar-refractivity contribution in [3.63, 3.8) is 0 Å². The predicted octanol–water partition coefficient (Wildman–Crippen LogP) is 6.88. The van der Waals surface area contributed by atoms with Crippen LogP contribution < -0.4 is 10.7 Å². The number of hydrogen-bond donors (Lipinski definition) is 1. The molecule has 0 radical (unpaired) electrons. The number of ether oxygens (including phenoxy) is 1. The Morgan fingerprint density at radius 1 is 1.14 bits per heavy atom. The highest BCUT2D eigenvalue weighted by atomic mass is 19.2. The zero-order valence-electron chi connectivity index (χ0n) is 21.5. The topological polar surface area (TPSA) is 81.4 Å². The van der Waals surface area contributed by atoms with Crippen molar-refractivity contribution in [2.24, 2.45) is 0 Å². The van der Waals surface area contributed by atoms with Gasteiger partial charge < -0.3 is 14.5 Å². The van der Waals surface area contributed by atoms with Crippen LogP contribution in [0, 0.1) is 25.5 Å². The lowest BCUT2D eigenvalue weighted by molar-refractivity contribution is 0.00648. The number of nitrogens with zero attached hydrogens (tertiary/aromatic N) is 1. The number of carbonyl (C=O) groups is 1. The highest BCUT2D eigenvalue weighted by Crippen LogP contribution is 2.33. The van der Waals surface area contributed by atoms with Gasteiger partial charge in [-0.3, -0.25) is 9.78 Å². The van der Waals surface area contributed by atoms with E-state index < -0.39 is 34.8 Å². The Hall–Kier alpha value is -4.07. The van der Waals surface area contributed by atoms with Crippen molar-refractivity contribution in [3.8, 4) is 11.3 Å². The van der Waals surface area contributed by atoms with Crippen LogP contribution in [0.25, 0.3) is 22.3 Å². The van der Waals surface area contributed by atoms with Gasteiger partial charge in [0.05, 0.1) is 17.1 Å². The van der Waals surface area contributed by atoms with Gasteiger partial charge in [0, 0.05) is 29.1 Å². The Morgan fingerprint density at radius 2 is 1.86 bits per heavy atom. The summed E-state index contributed by atoms with van der Waals surface area (Å²) in [5, 5.41) is 3.49. The summed E-state index contributed by atoms with van der Waals surface area (Å²) in [5.41, 5.74) is 1.30. The first-order valence-electron chi connectivity index (χ1n) is 11.8. The number of nitrogens with one attached hydrogen (secondary N) is 1. The molecule has 1 N–H and O–H groups in total. The average molecular weight is 507 g/mol. The fraction of sp³-hybridized carbons (Fsp3) is 0.276. The predicted molar refractivity (Wildman–Crippen MR) is 139 cm³/mol. The molecule has 4 rings (SSSR count). The number of pyridine rings is 1. The number of anilines is 1. The number of aromatic nitrogens is 1. The van der Waals surface area contributed by atoms with Crippen LogP contribution in [-0.2, 0) is 4.74 Å². The van der Waals surface area contributed by atoms with Crippen LogP contribution in [0.3, 0.4) is 0 Å². The minimum absolute atomic E-state index is 0.0530. The van der Waals surface area contributed by atoms with Crippen molar-refractivity contribution < 1.29 is 22.7 Å². The van der Waals surface area contributed by atoms with E-state index in [4.69, 9.17) is 9.15 Å². The molecule has 0 amide bonds. The molecule has 4 aromatic rings. The summed E-state index contributed by atoms with van der Waals surface area (Å²) in [6.45, 7) is 10.2. The molecule has 2 heterocycles. The molecule has 2 aromatic carbocycles. The van der Waals surface area contributed by atoms with Crippen LogP contribution in [0.2, 0.25) is 0 Å². The average Bonchev–Trinajstić information content (AvgIpc) is 2.83. The van der Waals surface area contributed by atoms with Crippen molar-refractivity contribution in [2.45, 2.75) is 53.2 Å². The maximum absolute atomic E-state index is 14.8. The quantitative estimate of drug-likeness (QED) is 0.297. The minimum atomic E-state index is -1.30. The Kier molecular flexibility index (Phi) is 6.86. The van der Waals surface area contributed by atoms with E-state index in [0.29, 0.717) is 33.4 Å². The SMILES string of the molecule is Cc1cc(C(C)Nc2ccc(F)c(F)c2C(=O)OC(C)(C)C)c2oc(-c3cccnc3)c(C)c(=O)c2c1. The van der Waals surface area contributed by atoms with Crippen molar-refractivity contribution in [2.75, 3.05) is 5.32 Å². The van der Waals surface area contributed by atoms with Gasteiger partial charge in [0.15, 0.2) is 17.1 Å². The second-order valence-electron chi connectivity index (χ2n) is 10.0. The zero-order chi connectivity index (χ0) is 27.1. The van der Waals surface area contributed by atoms with E-state index in [1.54, 1.807) is 65.2 Å². The standard InChI is InChI=1S/C29H28F2N2O4/c1-15-12-19(27-20(13-15)25(34)16(2)26(36-27)18-8-7-11-32-14-18)17(3)33-22-10-9-21(30)24(31)23(22)28(35)37-29(4,5)6/h7-14,17,33H,1-6H3. The minimum Gasteiger partial charge on any atom is -0.456 e. The monoisotopic (exact) mass is 506 g/mol. The number of esters is 1. The van der Waals surface area contributed by atoms with Crippen molar-refractivity contribution >= 4 is 22.6 Å². The summed E-state index contributed by atoms with van der Waals surface area (Å²) in [4.78, 5) is 30.2. The second-order valence-corrected chi connectivity index (χ2v) is 10.0. The summed E-state index contributed by atoms with van der Waals surface area (Å²) >= 11 is 0. The zero-order valence-corrected chi connectivity index (χ0v) is 21.5. The number of rotatable bonds is 5. The molecular formula is C29H28F2N2O4. The van der Waals surface area contributed by atoms with E-state index in [9.17, 15) is 18.4 Å². The van der Waals surface area contributed by atoms with Gasteiger partial charge in [-0.1, -0.05) is 6.07 Å². The molecular weight excluding hydrogens is 478 g/mol. The second kappa shape index (κ2) is 9.76. The molecule has 2 aromatic heterocycles. The maximum atomic E-state index is 14.8. The lowest BCUT2D eigenvalue weighted by Crippen LogP contribution is -2.26. The molecule has 0 saturated heterocycles. The maximum Gasteiger partial charge on any atom is 0.343 e. The normalized spacial score (nSPS) is 12.4. The highest BCUT2D eigenvalue weighted by molar-refractivity contribution is 5.96. The number of aryl methyl sites for hydroxylation is 1. The molecule has 37 heavy (non-hydrogen) atoms. The van der Waals surface area contributed by atoms with Gasteiger partial charge in [-0.25, -0.2) is 13.6 Å². The largest absolute Gasteiger partial charge is 0.456 e. The van der Waals surface area contributed by atoms with Gasteiger partial charge in [-0.2, -0.15) is 0 Å². The fourth-order valence-electron chi connectivity index (χ4n) is 4.17. The molecule has 0 bridgehead atoms. The van der Waals surface area contributed by atoms with Gasteiger partial charge in [0.25, 0.3) is 0 Å². The van der Waals surface area contributed by atoms with E-state index in [0.717, 1.165) is 11.6 Å². The van der Waals surface area contributed by atoms with Crippen molar-refractivity contribution in [1.29, 1.82) is 0 Å². The van der Waals surface area contributed by atoms with E-state index >= 15 is 0 Å². The van der Waals surface area contributed by atoms with Gasteiger partial charge in [0.2, 0.25) is 0 Å². The molecule has 192 valence electrons. The van der Waals surface area contributed by atoms with E-state index in [2.05, 4.69) is 10.3 Å². The van der Waals surface area contributed by atoms with Crippen LogP contribution in [-0.4, -0.2) is 16.6 Å². The van der Waals surface area contributed by atoms with E-state index in [1.807, 2.05) is 13.0 Å². The van der Waals surface area contributed by atoms with Crippen LogP contribution in [0.1, 0.15) is 60.8 Å². The third kappa shape index (κ3) is 5.23. The van der Waals surface area contributed by atoms with Crippen LogP contribution >= 0.6 is 0 Å². The van der Waals surface area contributed by atoms with Gasteiger partial charge >= 0.3 is 5.97 Å². The lowest BCUT2D eigenvalue weighted by Gasteiger charge is -2.23. The smallest absolute Gasteiger partial charge is 0.343 e. The molecule has 0 fully saturated rings. The molecule has 0 aliphatic heterocycles. The molecule has 1 atom stereocenters. The van der Waals surface area contributed by atoms with Crippen LogP contribution in [0.15, 0.2) is 58.0 Å². The third-order valence-corrected chi connectivity index (χ3v) is 5.85. The number of fused-ring (bicyclic) bond motifs is 1. The Morgan fingerprint density at radius 3 is 2.51 bits per heavy atom. The number of carbonyl (C=O) groups excluding carboxylic acids is 1. The molecule has 6 nitrogen and oxygen atoms in total. The molecule has 8 heteroatoms. The highest BCUT2D eigenvalue weighted by Gasteiger charge is 2.27. The number of benzene rings is 2. The molecule has 0 aliphatic rings. The van der Waals surface area contributed by atoms with E-state index in [-0.39, 0.29) is 11.1 Å². The summed E-state index contributed by atoms with van der Waals surface area (Å²) in [6, 6.07) is 8.80. The van der Waals surface area contributed by atoms with Crippen LogP contribution in [0.4, 0.5) is 14.5 Å². The fourth-order valence-corrected chi connectivity index (χ4v) is 4.17. The summed E-state index contributed by atoms with van der Waals surface area (Å²) in [5.74, 6) is -3.07. The Balaban J connectivity index is 1.85.